The van der Waals surface area contributed by atoms with Gasteiger partial charge in [0.05, 0.1) is 0 Å². The number of nitrogens with zero attached hydrogens (tertiary/aromatic N) is 4. The average Bonchev–Trinajstić information content (AvgIpc) is 3.03. The second kappa shape index (κ2) is 3.93. The SMILES string of the molecule is Cn1ccc2cc(-c3cnc4c(ccn4C)c3)cnc21. The van der Waals surface area contributed by atoms with Crippen LogP contribution in [0, 0.1) is 0 Å². The Morgan fingerprint density at radius 1 is 0.750 bits per heavy atom. The van der Waals surface area contributed by atoms with Crippen LogP contribution in [0.2, 0.25) is 0 Å². The van der Waals surface area contributed by atoms with E-state index in [9.17, 15) is 0 Å². The van der Waals surface area contributed by atoms with Gasteiger partial charge in [0, 0.05) is 60.8 Å². The summed E-state index contributed by atoms with van der Waals surface area (Å²) in [6.45, 7) is 0. The third-order valence-electron chi connectivity index (χ3n) is 3.75. The van der Waals surface area contributed by atoms with Crippen LogP contribution in [0.1, 0.15) is 0 Å². The Kier molecular flexibility index (Phi) is 2.21. The first kappa shape index (κ1) is 11.2. The molecule has 0 atom stereocenters. The van der Waals surface area contributed by atoms with Gasteiger partial charge in [0.25, 0.3) is 0 Å². The summed E-state index contributed by atoms with van der Waals surface area (Å²) >= 11 is 0. The van der Waals surface area contributed by atoms with Crippen LogP contribution in [0.3, 0.4) is 0 Å². The predicted molar refractivity (Wildman–Crippen MR) is 80.4 cm³/mol. The first-order valence-electron chi connectivity index (χ1n) is 6.55. The molecule has 0 bridgehead atoms. The second-order valence-corrected chi connectivity index (χ2v) is 5.13. The van der Waals surface area contributed by atoms with Crippen molar-refractivity contribution in [3.8, 4) is 11.1 Å². The molecule has 4 heterocycles. The fourth-order valence-electron chi connectivity index (χ4n) is 2.62. The van der Waals surface area contributed by atoms with Crippen molar-refractivity contribution in [3.05, 3.63) is 49.1 Å². The predicted octanol–water partition coefficient (Wildman–Crippen LogP) is 3.13. The summed E-state index contributed by atoms with van der Waals surface area (Å²) in [5.41, 5.74) is 4.20. The number of hydrogen-bond donors (Lipinski definition) is 0. The fraction of sp³-hybridized carbons (Fsp3) is 0.125. The lowest BCUT2D eigenvalue weighted by atomic mass is 10.1. The summed E-state index contributed by atoms with van der Waals surface area (Å²) < 4.78 is 4.05. The van der Waals surface area contributed by atoms with E-state index in [1.165, 1.54) is 0 Å². The van der Waals surface area contributed by atoms with Gasteiger partial charge in [-0.2, -0.15) is 0 Å². The van der Waals surface area contributed by atoms with Gasteiger partial charge in [0.2, 0.25) is 0 Å². The molecule has 0 N–H and O–H groups in total. The zero-order chi connectivity index (χ0) is 13.7. The van der Waals surface area contributed by atoms with E-state index in [1.54, 1.807) is 0 Å². The van der Waals surface area contributed by atoms with E-state index >= 15 is 0 Å². The Balaban J connectivity index is 1.91. The molecule has 4 rings (SSSR count). The highest BCUT2D eigenvalue weighted by atomic mass is 15.0. The van der Waals surface area contributed by atoms with Gasteiger partial charge >= 0.3 is 0 Å². The van der Waals surface area contributed by atoms with E-state index in [2.05, 4.69) is 34.2 Å². The lowest BCUT2D eigenvalue weighted by molar-refractivity contribution is 0.948. The number of aryl methyl sites for hydroxylation is 2. The monoisotopic (exact) mass is 262 g/mol. The topological polar surface area (TPSA) is 35.6 Å². The van der Waals surface area contributed by atoms with Crippen LogP contribution in [0.15, 0.2) is 49.1 Å². The Labute approximate surface area is 116 Å². The highest BCUT2D eigenvalue weighted by Crippen LogP contribution is 2.25. The van der Waals surface area contributed by atoms with Crippen LogP contribution >= 0.6 is 0 Å². The number of hydrogen-bond acceptors (Lipinski definition) is 2. The van der Waals surface area contributed by atoms with Crippen molar-refractivity contribution in [1.82, 2.24) is 19.1 Å². The first-order valence-corrected chi connectivity index (χ1v) is 6.55. The molecule has 0 unspecified atom stereocenters. The molecule has 0 aliphatic carbocycles. The molecule has 4 heteroatoms. The van der Waals surface area contributed by atoms with Crippen molar-refractivity contribution in [2.24, 2.45) is 14.1 Å². The smallest absolute Gasteiger partial charge is 0.139 e. The normalized spacial score (nSPS) is 11.5. The quantitative estimate of drug-likeness (QED) is 0.528. The summed E-state index contributed by atoms with van der Waals surface area (Å²) in [6.07, 6.45) is 7.88. The lowest BCUT2D eigenvalue weighted by Gasteiger charge is -2.03. The Hall–Kier alpha value is -2.62. The van der Waals surface area contributed by atoms with Gasteiger partial charge < -0.3 is 9.13 Å². The molecule has 0 aromatic carbocycles. The molecule has 0 aliphatic rings. The van der Waals surface area contributed by atoms with Crippen molar-refractivity contribution >= 4 is 22.1 Å². The Bertz CT molecular complexity index is 852. The maximum absolute atomic E-state index is 4.53. The van der Waals surface area contributed by atoms with Gasteiger partial charge in [-0.1, -0.05) is 0 Å². The Morgan fingerprint density at radius 3 is 1.65 bits per heavy atom. The molecule has 0 saturated carbocycles. The summed E-state index contributed by atoms with van der Waals surface area (Å²) in [4.78, 5) is 9.06. The van der Waals surface area contributed by atoms with Crippen LogP contribution in [-0.4, -0.2) is 19.1 Å². The molecule has 0 radical (unpaired) electrons. The number of pyridine rings is 2. The van der Waals surface area contributed by atoms with Crippen LogP contribution in [0.4, 0.5) is 0 Å². The summed E-state index contributed by atoms with van der Waals surface area (Å²) in [6, 6.07) is 8.49. The number of rotatable bonds is 1. The first-order chi connectivity index (χ1) is 9.72. The summed E-state index contributed by atoms with van der Waals surface area (Å²) in [5, 5.41) is 2.30. The summed E-state index contributed by atoms with van der Waals surface area (Å²) in [7, 11) is 4.01. The van der Waals surface area contributed by atoms with Gasteiger partial charge in [-0.15, -0.1) is 0 Å². The zero-order valence-electron chi connectivity index (χ0n) is 11.4. The third-order valence-corrected chi connectivity index (χ3v) is 3.75. The minimum Gasteiger partial charge on any atom is -0.336 e. The summed E-state index contributed by atoms with van der Waals surface area (Å²) in [5.74, 6) is 0. The molecule has 0 amide bonds. The molecule has 4 nitrogen and oxygen atoms in total. The molecule has 0 saturated heterocycles. The van der Waals surface area contributed by atoms with Crippen molar-refractivity contribution in [2.75, 3.05) is 0 Å². The largest absolute Gasteiger partial charge is 0.336 e. The van der Waals surface area contributed by atoms with Crippen LogP contribution in [-0.2, 0) is 14.1 Å². The molecule has 4 aromatic heterocycles. The van der Waals surface area contributed by atoms with E-state index in [0.717, 1.165) is 33.2 Å². The van der Waals surface area contributed by atoms with Gasteiger partial charge in [0.15, 0.2) is 0 Å². The highest BCUT2D eigenvalue weighted by molar-refractivity contribution is 5.85. The van der Waals surface area contributed by atoms with Gasteiger partial charge in [0.1, 0.15) is 11.3 Å². The van der Waals surface area contributed by atoms with Crippen LogP contribution in [0.25, 0.3) is 33.2 Å². The zero-order valence-corrected chi connectivity index (χ0v) is 11.4. The third kappa shape index (κ3) is 1.54. The van der Waals surface area contributed by atoms with Crippen molar-refractivity contribution in [2.45, 2.75) is 0 Å². The maximum Gasteiger partial charge on any atom is 0.139 e. The van der Waals surface area contributed by atoms with Crippen molar-refractivity contribution < 1.29 is 0 Å². The number of aromatic nitrogens is 4. The van der Waals surface area contributed by atoms with E-state index in [1.807, 2.05) is 48.0 Å². The van der Waals surface area contributed by atoms with E-state index < -0.39 is 0 Å². The highest BCUT2D eigenvalue weighted by Gasteiger charge is 2.06. The fourth-order valence-corrected chi connectivity index (χ4v) is 2.62. The second-order valence-electron chi connectivity index (χ2n) is 5.13. The maximum atomic E-state index is 4.53. The standard InChI is InChI=1S/C16H14N4/c1-19-5-3-11-7-13(9-17-15(11)19)14-8-12-4-6-20(2)16(12)18-10-14/h3-10H,1-2H3. The van der Waals surface area contributed by atoms with Crippen LogP contribution < -0.4 is 0 Å². The molecule has 0 fully saturated rings. The van der Waals surface area contributed by atoms with Crippen molar-refractivity contribution in [1.29, 1.82) is 0 Å². The molecule has 4 aromatic rings. The lowest BCUT2D eigenvalue weighted by Crippen LogP contribution is -1.90. The van der Waals surface area contributed by atoms with Crippen LogP contribution in [0.5, 0.6) is 0 Å². The molecular weight excluding hydrogens is 248 g/mol. The van der Waals surface area contributed by atoms with Gasteiger partial charge in [-0.3, -0.25) is 0 Å². The molecule has 0 spiro atoms. The minimum atomic E-state index is 1.00. The Morgan fingerprint density at radius 2 is 1.20 bits per heavy atom. The van der Waals surface area contributed by atoms with Gasteiger partial charge in [-0.25, -0.2) is 9.97 Å². The molecular formula is C16H14N4. The van der Waals surface area contributed by atoms with E-state index in [4.69, 9.17) is 0 Å². The average molecular weight is 262 g/mol. The molecule has 0 aliphatic heterocycles. The minimum absolute atomic E-state index is 1.00. The molecule has 20 heavy (non-hydrogen) atoms. The van der Waals surface area contributed by atoms with E-state index in [0.29, 0.717) is 0 Å². The van der Waals surface area contributed by atoms with E-state index in [-0.39, 0.29) is 0 Å². The number of fused-ring (bicyclic) bond motifs is 2. The van der Waals surface area contributed by atoms with Gasteiger partial charge in [-0.05, 0) is 24.3 Å². The van der Waals surface area contributed by atoms with Crippen molar-refractivity contribution in [3.63, 3.8) is 0 Å². The molecule has 98 valence electrons.